The predicted octanol–water partition coefficient (Wildman–Crippen LogP) is 0.294. The third-order valence-corrected chi connectivity index (χ3v) is 2.09. The van der Waals surface area contributed by atoms with Crippen LogP contribution in [0.1, 0.15) is 20.8 Å². The van der Waals surface area contributed by atoms with Gasteiger partial charge in [0.15, 0.2) is 0 Å². The summed E-state index contributed by atoms with van der Waals surface area (Å²) in [5, 5.41) is 13.8. The molecule has 5 heteroatoms. The molecule has 0 aromatic rings. The zero-order valence-electron chi connectivity index (χ0n) is 9.08. The summed E-state index contributed by atoms with van der Waals surface area (Å²) in [6.45, 7) is 8.95. The molecule has 0 aliphatic rings. The number of carbonyl (C=O) groups is 1. The second-order valence-electron chi connectivity index (χ2n) is 2.97. The van der Waals surface area contributed by atoms with Crippen molar-refractivity contribution in [1.29, 1.82) is 0 Å². The lowest BCUT2D eigenvalue weighted by Gasteiger charge is -2.17. The van der Waals surface area contributed by atoms with E-state index in [4.69, 9.17) is 5.21 Å². The van der Waals surface area contributed by atoms with Gasteiger partial charge in [0.2, 0.25) is 0 Å². The van der Waals surface area contributed by atoms with Gasteiger partial charge < -0.3 is 15.4 Å². The van der Waals surface area contributed by atoms with E-state index in [9.17, 15) is 4.79 Å². The Hall–Kier alpha value is -1.10. The van der Waals surface area contributed by atoms with E-state index < -0.39 is 0 Å². The van der Waals surface area contributed by atoms with E-state index in [0.29, 0.717) is 6.54 Å². The first-order chi connectivity index (χ1) is 6.65. The highest BCUT2D eigenvalue weighted by atomic mass is 16.4. The summed E-state index contributed by atoms with van der Waals surface area (Å²) in [7, 11) is 0. The largest absolute Gasteiger partial charge is 0.410 e. The molecule has 0 aliphatic heterocycles. The zero-order chi connectivity index (χ0) is 11.0. The highest BCUT2D eigenvalue weighted by Gasteiger charge is 2.05. The number of nitrogens with zero attached hydrogens (tertiary/aromatic N) is 2. The van der Waals surface area contributed by atoms with Gasteiger partial charge in [-0.2, -0.15) is 0 Å². The van der Waals surface area contributed by atoms with E-state index in [-0.39, 0.29) is 11.6 Å². The minimum absolute atomic E-state index is 0.0875. The van der Waals surface area contributed by atoms with E-state index in [1.54, 1.807) is 0 Å². The molecule has 0 radical (unpaired) electrons. The van der Waals surface area contributed by atoms with Crippen molar-refractivity contribution in [3.05, 3.63) is 0 Å². The SMILES string of the molecule is CCN(CC)CCNC(=O)/C(C)=N\O. The van der Waals surface area contributed by atoms with E-state index >= 15 is 0 Å². The maximum atomic E-state index is 11.1. The van der Waals surface area contributed by atoms with E-state index in [2.05, 4.69) is 29.2 Å². The minimum atomic E-state index is -0.320. The molecular formula is C9H19N3O2. The molecule has 0 aliphatic carbocycles. The molecule has 0 aromatic carbocycles. The van der Waals surface area contributed by atoms with Crippen LogP contribution in [0, 0.1) is 0 Å². The average Bonchev–Trinajstić information content (AvgIpc) is 2.22. The van der Waals surface area contributed by atoms with Gasteiger partial charge in [0, 0.05) is 13.1 Å². The summed E-state index contributed by atoms with van der Waals surface area (Å²) in [5.74, 6) is -0.320. The van der Waals surface area contributed by atoms with Crippen LogP contribution < -0.4 is 5.32 Å². The highest BCUT2D eigenvalue weighted by molar-refractivity contribution is 6.37. The number of oxime groups is 1. The van der Waals surface area contributed by atoms with Crippen LogP contribution in [0.5, 0.6) is 0 Å². The second-order valence-corrected chi connectivity index (χ2v) is 2.97. The molecule has 2 N–H and O–H groups in total. The molecular weight excluding hydrogens is 182 g/mol. The molecule has 0 aromatic heterocycles. The lowest BCUT2D eigenvalue weighted by molar-refractivity contribution is -0.115. The fourth-order valence-electron chi connectivity index (χ4n) is 1.04. The lowest BCUT2D eigenvalue weighted by atomic mass is 10.4. The molecule has 0 unspecified atom stereocenters. The zero-order valence-corrected chi connectivity index (χ0v) is 9.08. The van der Waals surface area contributed by atoms with Crippen molar-refractivity contribution in [1.82, 2.24) is 10.2 Å². The number of carbonyl (C=O) groups excluding carboxylic acids is 1. The van der Waals surface area contributed by atoms with Gasteiger partial charge in [-0.3, -0.25) is 4.79 Å². The monoisotopic (exact) mass is 201 g/mol. The van der Waals surface area contributed by atoms with Crippen molar-refractivity contribution in [2.45, 2.75) is 20.8 Å². The first kappa shape index (κ1) is 12.9. The van der Waals surface area contributed by atoms with Crippen LogP contribution in [-0.4, -0.2) is 47.9 Å². The van der Waals surface area contributed by atoms with Crippen molar-refractivity contribution in [3.63, 3.8) is 0 Å². The Bertz CT molecular complexity index is 200. The molecule has 82 valence electrons. The number of amides is 1. The Labute approximate surface area is 84.8 Å². The summed E-state index contributed by atoms with van der Waals surface area (Å²) in [6.07, 6.45) is 0. The summed E-state index contributed by atoms with van der Waals surface area (Å²) in [5.41, 5.74) is 0.0875. The van der Waals surface area contributed by atoms with Gasteiger partial charge in [-0.25, -0.2) is 0 Å². The molecule has 1 amide bonds. The normalized spacial score (nSPS) is 11.9. The first-order valence-corrected chi connectivity index (χ1v) is 4.84. The fraction of sp³-hybridized carbons (Fsp3) is 0.778. The maximum Gasteiger partial charge on any atom is 0.268 e. The Morgan fingerprint density at radius 1 is 1.43 bits per heavy atom. The topological polar surface area (TPSA) is 64.9 Å². The van der Waals surface area contributed by atoms with Crippen LogP contribution in [0.4, 0.5) is 0 Å². The van der Waals surface area contributed by atoms with Crippen molar-refractivity contribution in [2.75, 3.05) is 26.2 Å². The molecule has 0 atom stereocenters. The molecule has 5 nitrogen and oxygen atoms in total. The lowest BCUT2D eigenvalue weighted by Crippen LogP contribution is -2.37. The summed E-state index contributed by atoms with van der Waals surface area (Å²) in [4.78, 5) is 13.3. The molecule has 0 fully saturated rings. The van der Waals surface area contributed by atoms with Crippen LogP contribution in [-0.2, 0) is 4.79 Å². The van der Waals surface area contributed by atoms with E-state index in [1.807, 2.05) is 0 Å². The smallest absolute Gasteiger partial charge is 0.268 e. The number of likely N-dealkylation sites (N-methyl/N-ethyl adjacent to an activating group) is 1. The third kappa shape index (κ3) is 4.81. The molecule has 0 saturated heterocycles. The van der Waals surface area contributed by atoms with Crippen molar-refractivity contribution in [2.24, 2.45) is 5.16 Å². The van der Waals surface area contributed by atoms with E-state index in [0.717, 1.165) is 19.6 Å². The Morgan fingerprint density at radius 3 is 2.43 bits per heavy atom. The Kier molecular flexibility index (Phi) is 6.74. The van der Waals surface area contributed by atoms with Gasteiger partial charge in [-0.15, -0.1) is 0 Å². The van der Waals surface area contributed by atoms with Crippen LogP contribution in [0.25, 0.3) is 0 Å². The standard InChI is InChI=1S/C9H19N3O2/c1-4-12(5-2)7-6-10-9(13)8(3)11-14/h14H,4-7H2,1-3H3,(H,10,13)/b11-8-. The average molecular weight is 201 g/mol. The van der Waals surface area contributed by atoms with Crippen LogP contribution >= 0.6 is 0 Å². The summed E-state index contributed by atoms with van der Waals surface area (Å²) >= 11 is 0. The molecule has 0 spiro atoms. The van der Waals surface area contributed by atoms with E-state index in [1.165, 1.54) is 6.92 Å². The van der Waals surface area contributed by atoms with Crippen molar-refractivity contribution >= 4 is 11.6 Å². The number of nitrogens with one attached hydrogen (secondary N) is 1. The molecule has 0 bridgehead atoms. The number of hydrogen-bond acceptors (Lipinski definition) is 4. The van der Waals surface area contributed by atoms with Crippen molar-refractivity contribution in [3.8, 4) is 0 Å². The van der Waals surface area contributed by atoms with Crippen molar-refractivity contribution < 1.29 is 10.0 Å². The van der Waals surface area contributed by atoms with Gasteiger partial charge in [0.25, 0.3) is 5.91 Å². The number of hydrogen-bond donors (Lipinski definition) is 2. The highest BCUT2D eigenvalue weighted by Crippen LogP contribution is 1.84. The quantitative estimate of drug-likeness (QED) is 0.369. The first-order valence-electron chi connectivity index (χ1n) is 4.84. The molecule has 0 rings (SSSR count). The Morgan fingerprint density at radius 2 is 2.00 bits per heavy atom. The molecule has 14 heavy (non-hydrogen) atoms. The maximum absolute atomic E-state index is 11.1. The van der Waals surface area contributed by atoms with Gasteiger partial charge >= 0.3 is 0 Å². The van der Waals surface area contributed by atoms with Crippen LogP contribution in [0.3, 0.4) is 0 Å². The summed E-state index contributed by atoms with van der Waals surface area (Å²) < 4.78 is 0. The van der Waals surface area contributed by atoms with Gasteiger partial charge in [-0.05, 0) is 20.0 Å². The summed E-state index contributed by atoms with van der Waals surface area (Å²) in [6, 6.07) is 0. The molecule has 0 heterocycles. The number of rotatable bonds is 6. The third-order valence-electron chi connectivity index (χ3n) is 2.09. The second kappa shape index (κ2) is 7.32. The fourth-order valence-corrected chi connectivity index (χ4v) is 1.04. The van der Waals surface area contributed by atoms with Gasteiger partial charge in [0.1, 0.15) is 5.71 Å². The predicted molar refractivity (Wildman–Crippen MR) is 55.7 cm³/mol. The minimum Gasteiger partial charge on any atom is -0.410 e. The van der Waals surface area contributed by atoms with Crippen LogP contribution in [0.15, 0.2) is 5.16 Å². The van der Waals surface area contributed by atoms with Crippen LogP contribution in [0.2, 0.25) is 0 Å². The van der Waals surface area contributed by atoms with Gasteiger partial charge in [-0.1, -0.05) is 19.0 Å². The van der Waals surface area contributed by atoms with Gasteiger partial charge in [0.05, 0.1) is 0 Å². The molecule has 0 saturated carbocycles. The Balaban J connectivity index is 3.68.